The van der Waals surface area contributed by atoms with E-state index in [1.807, 2.05) is 28.9 Å². The van der Waals surface area contributed by atoms with Gasteiger partial charge in [-0.15, -0.1) is 5.10 Å². The topological polar surface area (TPSA) is 78.0 Å². The molecule has 0 fully saturated rings. The van der Waals surface area contributed by atoms with Gasteiger partial charge in [-0.2, -0.15) is 4.98 Å². The van der Waals surface area contributed by atoms with E-state index in [1.54, 1.807) is 7.11 Å². The molecule has 7 heteroatoms. The van der Waals surface area contributed by atoms with Crippen molar-refractivity contribution in [2.24, 2.45) is 0 Å². The first-order chi connectivity index (χ1) is 12.1. The minimum absolute atomic E-state index is 0.0608. The van der Waals surface area contributed by atoms with E-state index in [0.29, 0.717) is 5.95 Å². The molecule has 3 N–H and O–H groups in total. The normalized spacial score (nSPS) is 19.1. The van der Waals surface area contributed by atoms with Crippen LogP contribution in [-0.2, 0) is 0 Å². The molecule has 0 spiro atoms. The third-order valence-electron chi connectivity index (χ3n) is 4.46. The van der Waals surface area contributed by atoms with E-state index in [1.165, 1.54) is 11.1 Å². The van der Waals surface area contributed by atoms with E-state index in [9.17, 15) is 0 Å². The number of methoxy groups -OCH3 is 1. The molecular formula is C18H18BrN5O. The van der Waals surface area contributed by atoms with E-state index < -0.39 is 0 Å². The van der Waals surface area contributed by atoms with E-state index in [0.717, 1.165) is 16.6 Å². The van der Waals surface area contributed by atoms with Crippen molar-refractivity contribution >= 4 is 27.8 Å². The zero-order valence-corrected chi connectivity index (χ0v) is 15.3. The maximum atomic E-state index is 5.84. The van der Waals surface area contributed by atoms with Crippen molar-refractivity contribution in [3.63, 3.8) is 0 Å². The van der Waals surface area contributed by atoms with Gasteiger partial charge in [-0.25, -0.2) is 4.68 Å². The molecule has 1 aromatic heterocycles. The molecule has 2 heterocycles. The van der Waals surface area contributed by atoms with Crippen LogP contribution in [-0.4, -0.2) is 21.9 Å². The number of halogens is 1. The lowest BCUT2D eigenvalue weighted by Crippen LogP contribution is -2.28. The molecule has 128 valence electrons. The quantitative estimate of drug-likeness (QED) is 0.700. The highest BCUT2D eigenvalue weighted by molar-refractivity contribution is 9.10. The number of hydrogen-bond acceptors (Lipinski definition) is 5. The van der Waals surface area contributed by atoms with Crippen LogP contribution in [0.5, 0.6) is 5.75 Å². The molecule has 2 atom stereocenters. The van der Waals surface area contributed by atoms with Crippen molar-refractivity contribution in [2.75, 3.05) is 18.2 Å². The summed E-state index contributed by atoms with van der Waals surface area (Å²) in [6, 6.07) is 16.5. The van der Waals surface area contributed by atoms with Gasteiger partial charge in [-0.1, -0.05) is 40.2 Å². The average molecular weight is 400 g/mol. The number of ether oxygens (including phenoxy) is 1. The molecule has 6 nitrogen and oxygen atoms in total. The summed E-state index contributed by atoms with van der Waals surface area (Å²) in [5.74, 6) is 1.81. The summed E-state index contributed by atoms with van der Waals surface area (Å²) in [4.78, 5) is 4.34. The fraction of sp³-hybridized carbons (Fsp3) is 0.222. The van der Waals surface area contributed by atoms with Gasteiger partial charge in [0.25, 0.3) is 0 Å². The second-order valence-corrected chi connectivity index (χ2v) is 6.93. The summed E-state index contributed by atoms with van der Waals surface area (Å²) in [7, 11) is 1.67. The monoisotopic (exact) mass is 399 g/mol. The number of nitrogens with one attached hydrogen (secondary N) is 1. The van der Waals surface area contributed by atoms with E-state index in [4.69, 9.17) is 10.5 Å². The lowest BCUT2D eigenvalue weighted by Gasteiger charge is -2.31. The first kappa shape index (κ1) is 16.0. The van der Waals surface area contributed by atoms with Gasteiger partial charge in [0, 0.05) is 4.47 Å². The molecule has 0 bridgehead atoms. The van der Waals surface area contributed by atoms with Crippen molar-refractivity contribution in [1.29, 1.82) is 0 Å². The van der Waals surface area contributed by atoms with Gasteiger partial charge >= 0.3 is 0 Å². The van der Waals surface area contributed by atoms with Crippen LogP contribution in [0.3, 0.4) is 0 Å². The van der Waals surface area contributed by atoms with E-state index >= 15 is 0 Å². The molecule has 0 unspecified atom stereocenters. The van der Waals surface area contributed by atoms with Crippen LogP contribution < -0.4 is 15.8 Å². The fourth-order valence-electron chi connectivity index (χ4n) is 3.24. The second-order valence-electron chi connectivity index (χ2n) is 6.01. The lowest BCUT2D eigenvalue weighted by molar-refractivity contribution is 0.413. The van der Waals surface area contributed by atoms with E-state index in [2.05, 4.69) is 55.6 Å². The Hall–Kier alpha value is -2.54. The van der Waals surface area contributed by atoms with Crippen molar-refractivity contribution < 1.29 is 4.74 Å². The molecular weight excluding hydrogens is 382 g/mol. The maximum Gasteiger partial charge on any atom is 0.241 e. The van der Waals surface area contributed by atoms with E-state index in [-0.39, 0.29) is 18.0 Å². The highest BCUT2D eigenvalue weighted by Gasteiger charge is 2.30. The number of anilines is 2. The predicted octanol–water partition coefficient (Wildman–Crippen LogP) is 3.78. The largest absolute Gasteiger partial charge is 0.497 e. The van der Waals surface area contributed by atoms with Crippen LogP contribution in [0.2, 0.25) is 0 Å². The molecule has 1 aliphatic heterocycles. The zero-order chi connectivity index (χ0) is 17.4. The van der Waals surface area contributed by atoms with Gasteiger partial charge in [0.2, 0.25) is 11.9 Å². The molecule has 25 heavy (non-hydrogen) atoms. The Kier molecular flexibility index (Phi) is 4.09. The summed E-state index contributed by atoms with van der Waals surface area (Å²) in [6.07, 6.45) is 0.846. The van der Waals surface area contributed by atoms with Crippen LogP contribution in [0, 0.1) is 0 Å². The first-order valence-corrected chi connectivity index (χ1v) is 8.81. The molecule has 0 amide bonds. The molecule has 1 aliphatic rings. The van der Waals surface area contributed by atoms with Crippen molar-refractivity contribution in [3.8, 4) is 5.75 Å². The van der Waals surface area contributed by atoms with Gasteiger partial charge in [0.15, 0.2) is 0 Å². The number of aromatic nitrogens is 3. The number of nitrogens with zero attached hydrogens (tertiary/aromatic N) is 3. The second kappa shape index (κ2) is 6.40. The Balaban J connectivity index is 1.73. The maximum absolute atomic E-state index is 5.84. The third kappa shape index (κ3) is 3.07. The van der Waals surface area contributed by atoms with Crippen LogP contribution in [0.15, 0.2) is 53.0 Å². The fourth-order valence-corrected chi connectivity index (χ4v) is 3.66. The summed E-state index contributed by atoms with van der Waals surface area (Å²) >= 11 is 3.55. The Labute approximate surface area is 154 Å². The molecule has 4 rings (SSSR count). The number of rotatable bonds is 3. The Morgan fingerprint density at radius 2 is 2.00 bits per heavy atom. The molecule has 0 saturated carbocycles. The standard InChI is InChI=1S/C18H18BrN5O/c1-25-14-7-5-11(6-8-14)15-10-16(12-3-2-4-13(19)9-12)24-18(21-15)22-17(20)23-24/h2-9,15-16H,10H2,1H3,(H3,20,21,22,23)/t15-,16+/m1/s1. The number of benzene rings is 2. The SMILES string of the molecule is COc1ccc([C@H]2C[C@@H](c3cccc(Br)c3)n3nc(N)nc3N2)cc1. The van der Waals surface area contributed by atoms with Gasteiger partial charge < -0.3 is 15.8 Å². The van der Waals surface area contributed by atoms with Gasteiger partial charge in [-0.3, -0.25) is 0 Å². The van der Waals surface area contributed by atoms with Gasteiger partial charge in [0.1, 0.15) is 5.75 Å². The minimum Gasteiger partial charge on any atom is -0.497 e. The average Bonchev–Trinajstić information content (AvgIpc) is 3.01. The predicted molar refractivity (Wildman–Crippen MR) is 101 cm³/mol. The minimum atomic E-state index is 0.0608. The smallest absolute Gasteiger partial charge is 0.241 e. The van der Waals surface area contributed by atoms with Crippen LogP contribution >= 0.6 is 15.9 Å². The Morgan fingerprint density at radius 1 is 1.20 bits per heavy atom. The van der Waals surface area contributed by atoms with Gasteiger partial charge in [0.05, 0.1) is 19.2 Å². The Morgan fingerprint density at radius 3 is 2.72 bits per heavy atom. The number of fused-ring (bicyclic) bond motifs is 1. The van der Waals surface area contributed by atoms with Crippen molar-refractivity contribution in [3.05, 3.63) is 64.1 Å². The molecule has 0 radical (unpaired) electrons. The van der Waals surface area contributed by atoms with Crippen LogP contribution in [0.4, 0.5) is 11.9 Å². The first-order valence-electron chi connectivity index (χ1n) is 8.02. The highest BCUT2D eigenvalue weighted by atomic mass is 79.9. The van der Waals surface area contributed by atoms with Crippen molar-refractivity contribution in [2.45, 2.75) is 18.5 Å². The molecule has 0 saturated heterocycles. The highest BCUT2D eigenvalue weighted by Crippen LogP contribution is 2.38. The lowest BCUT2D eigenvalue weighted by atomic mass is 9.93. The number of nitrogens with two attached hydrogens (primary N) is 1. The molecule has 3 aromatic rings. The molecule has 0 aliphatic carbocycles. The number of hydrogen-bond donors (Lipinski definition) is 2. The van der Waals surface area contributed by atoms with Crippen LogP contribution in [0.25, 0.3) is 0 Å². The summed E-state index contributed by atoms with van der Waals surface area (Å²) in [6.45, 7) is 0. The van der Waals surface area contributed by atoms with Crippen LogP contribution in [0.1, 0.15) is 29.6 Å². The number of nitrogen functional groups attached to an aromatic ring is 1. The van der Waals surface area contributed by atoms with Crippen molar-refractivity contribution in [1.82, 2.24) is 14.8 Å². The summed E-state index contributed by atoms with van der Waals surface area (Å²) < 4.78 is 8.16. The Bertz CT molecular complexity index is 893. The zero-order valence-electron chi connectivity index (χ0n) is 13.7. The summed E-state index contributed by atoms with van der Waals surface area (Å²) in [5, 5.41) is 7.82. The third-order valence-corrected chi connectivity index (χ3v) is 4.95. The summed E-state index contributed by atoms with van der Waals surface area (Å²) in [5.41, 5.74) is 8.18. The molecule has 2 aromatic carbocycles. The van der Waals surface area contributed by atoms with Gasteiger partial charge in [-0.05, 0) is 41.8 Å².